The zero-order valence-corrected chi connectivity index (χ0v) is 17.1. The molecule has 2 aromatic heterocycles. The molecule has 0 atom stereocenters. The minimum Gasteiger partial charge on any atom is -0.505 e. The van der Waals surface area contributed by atoms with Gasteiger partial charge in [-0.3, -0.25) is 4.79 Å². The van der Waals surface area contributed by atoms with Crippen LogP contribution < -0.4 is 5.32 Å². The topological polar surface area (TPSA) is 141 Å². The minimum absolute atomic E-state index is 0.0894. The van der Waals surface area contributed by atoms with Gasteiger partial charge in [-0.25, -0.2) is 9.97 Å². The molecule has 0 aliphatic heterocycles. The molecule has 4 aromatic rings. The summed E-state index contributed by atoms with van der Waals surface area (Å²) in [4.78, 5) is 20.8. The lowest BCUT2D eigenvalue weighted by atomic mass is 10.0. The van der Waals surface area contributed by atoms with Crippen LogP contribution in [0, 0.1) is 11.3 Å². The predicted octanol–water partition coefficient (Wildman–Crippen LogP) is 3.95. The van der Waals surface area contributed by atoms with E-state index in [1.807, 2.05) is 25.1 Å². The van der Waals surface area contributed by atoms with Gasteiger partial charge in [0, 0.05) is 24.3 Å². The molecule has 0 aliphatic carbocycles. The van der Waals surface area contributed by atoms with E-state index in [2.05, 4.69) is 30.6 Å². The van der Waals surface area contributed by atoms with Crippen molar-refractivity contribution in [3.05, 3.63) is 66.1 Å². The second-order valence-corrected chi connectivity index (χ2v) is 6.75. The van der Waals surface area contributed by atoms with E-state index in [-0.39, 0.29) is 34.3 Å². The van der Waals surface area contributed by atoms with Crippen molar-refractivity contribution < 1.29 is 9.90 Å². The molecule has 2 N–H and O–H groups in total. The Labute approximate surface area is 182 Å². The van der Waals surface area contributed by atoms with Crippen molar-refractivity contribution in [2.24, 2.45) is 10.2 Å². The van der Waals surface area contributed by atoms with Crippen LogP contribution in [-0.2, 0) is 0 Å². The number of nitrogens with zero attached hydrogens (tertiary/aromatic N) is 7. The smallest absolute Gasteiger partial charge is 0.255 e. The second kappa shape index (κ2) is 9.01. The number of azo groups is 1. The second-order valence-electron chi connectivity index (χ2n) is 6.75. The highest BCUT2D eigenvalue weighted by atomic mass is 16.3. The Hall–Kier alpha value is -4.65. The van der Waals surface area contributed by atoms with E-state index in [0.717, 1.165) is 6.42 Å². The number of hydrogen-bond acceptors (Lipinski definition) is 8. The van der Waals surface area contributed by atoms with E-state index in [1.54, 1.807) is 24.3 Å². The molecule has 1 amide bonds. The number of carbonyl (C=O) groups is 1. The number of fused-ring (bicyclic) bond motifs is 1. The summed E-state index contributed by atoms with van der Waals surface area (Å²) in [7, 11) is 0. The Morgan fingerprint density at radius 3 is 2.75 bits per heavy atom. The Balaban J connectivity index is 1.85. The maximum atomic E-state index is 12.6. The first-order valence-electron chi connectivity index (χ1n) is 9.84. The number of carbonyl (C=O) groups excluding carboxylic acids is 1. The Morgan fingerprint density at radius 1 is 1.22 bits per heavy atom. The van der Waals surface area contributed by atoms with Crippen LogP contribution in [0.15, 0.2) is 65.2 Å². The Kier molecular flexibility index (Phi) is 5.81. The molecule has 0 saturated carbocycles. The average Bonchev–Trinajstić information content (AvgIpc) is 3.25. The van der Waals surface area contributed by atoms with Crippen molar-refractivity contribution in [2.45, 2.75) is 13.3 Å². The van der Waals surface area contributed by atoms with Crippen LogP contribution in [0.1, 0.15) is 29.3 Å². The summed E-state index contributed by atoms with van der Waals surface area (Å²) in [6.45, 7) is 2.41. The maximum Gasteiger partial charge on any atom is 0.255 e. The summed E-state index contributed by atoms with van der Waals surface area (Å²) in [6, 6.07) is 12.5. The van der Waals surface area contributed by atoms with Gasteiger partial charge in [-0.1, -0.05) is 31.2 Å². The molecule has 158 valence electrons. The summed E-state index contributed by atoms with van der Waals surface area (Å²) < 4.78 is 1.28. The number of aromatic nitrogens is 4. The molecule has 0 saturated heterocycles. The molecule has 0 bridgehead atoms. The molecule has 2 heterocycles. The van der Waals surface area contributed by atoms with Gasteiger partial charge in [0.2, 0.25) is 0 Å². The molecule has 10 nitrogen and oxygen atoms in total. The molecule has 0 unspecified atom stereocenters. The third-order valence-electron chi connectivity index (χ3n) is 4.63. The summed E-state index contributed by atoms with van der Waals surface area (Å²) in [6.07, 6.45) is 5.16. The van der Waals surface area contributed by atoms with Gasteiger partial charge in [0.15, 0.2) is 11.6 Å². The lowest BCUT2D eigenvalue weighted by Crippen LogP contribution is -2.24. The highest BCUT2D eigenvalue weighted by Gasteiger charge is 2.19. The van der Waals surface area contributed by atoms with Gasteiger partial charge in [0.1, 0.15) is 17.3 Å². The van der Waals surface area contributed by atoms with Crippen LogP contribution in [-0.4, -0.2) is 37.3 Å². The number of benzene rings is 2. The average molecular weight is 426 g/mol. The molecule has 2 aromatic carbocycles. The molecule has 0 aliphatic rings. The maximum absolute atomic E-state index is 12.6. The van der Waals surface area contributed by atoms with Crippen LogP contribution in [0.3, 0.4) is 0 Å². The van der Waals surface area contributed by atoms with E-state index in [9.17, 15) is 15.2 Å². The highest BCUT2D eigenvalue weighted by Crippen LogP contribution is 2.39. The predicted molar refractivity (Wildman–Crippen MR) is 116 cm³/mol. The van der Waals surface area contributed by atoms with Gasteiger partial charge in [-0.05, 0) is 23.9 Å². The van der Waals surface area contributed by atoms with Gasteiger partial charge in [0.05, 0.1) is 11.8 Å². The summed E-state index contributed by atoms with van der Waals surface area (Å²) in [5.41, 5.74) is 0.351. The fourth-order valence-corrected chi connectivity index (χ4v) is 3.09. The highest BCUT2D eigenvalue weighted by molar-refractivity contribution is 6.06. The molecule has 4 rings (SSSR count). The Bertz CT molecular complexity index is 1360. The van der Waals surface area contributed by atoms with Crippen LogP contribution in [0.25, 0.3) is 16.7 Å². The van der Waals surface area contributed by atoms with E-state index in [1.165, 1.54) is 23.3 Å². The standard InChI is InChI=1S/C22H18N8O2/c1-2-8-24-21(32)17-11-14-6-3-4-7-16(14)18(19(17)31)28-29-20-15(12-23)13-27-30(20)22-25-9-5-10-26-22/h3-7,9-11,13,31H,2,8H2,1H3,(H,24,32). The normalized spacial score (nSPS) is 11.0. The van der Waals surface area contributed by atoms with E-state index in [4.69, 9.17) is 0 Å². The number of nitriles is 1. The first-order valence-corrected chi connectivity index (χ1v) is 9.84. The zero-order chi connectivity index (χ0) is 22.5. The van der Waals surface area contributed by atoms with Gasteiger partial charge in [0.25, 0.3) is 11.9 Å². The molecular weight excluding hydrogens is 408 g/mol. The fraction of sp³-hybridized carbons (Fsp3) is 0.136. The van der Waals surface area contributed by atoms with Crippen LogP contribution in [0.5, 0.6) is 5.75 Å². The van der Waals surface area contributed by atoms with Crippen molar-refractivity contribution in [3.8, 4) is 17.8 Å². The van der Waals surface area contributed by atoms with Crippen molar-refractivity contribution in [1.29, 1.82) is 5.26 Å². The quantitative estimate of drug-likeness (QED) is 0.447. The van der Waals surface area contributed by atoms with Crippen LogP contribution in [0.2, 0.25) is 0 Å². The first-order chi connectivity index (χ1) is 15.6. The number of hydrogen-bond donors (Lipinski definition) is 2. The summed E-state index contributed by atoms with van der Waals surface area (Å²) >= 11 is 0. The third kappa shape index (κ3) is 3.87. The van der Waals surface area contributed by atoms with Crippen molar-refractivity contribution in [2.75, 3.05) is 6.54 Å². The van der Waals surface area contributed by atoms with E-state index in [0.29, 0.717) is 17.3 Å². The van der Waals surface area contributed by atoms with Gasteiger partial charge in [-0.15, -0.1) is 10.2 Å². The van der Waals surface area contributed by atoms with Crippen LogP contribution >= 0.6 is 0 Å². The number of aromatic hydroxyl groups is 1. The number of nitrogens with one attached hydrogen (secondary N) is 1. The van der Waals surface area contributed by atoms with Crippen molar-refractivity contribution in [1.82, 2.24) is 25.1 Å². The summed E-state index contributed by atoms with van der Waals surface area (Å²) in [5.74, 6) is -0.402. The molecule has 32 heavy (non-hydrogen) atoms. The van der Waals surface area contributed by atoms with Gasteiger partial charge < -0.3 is 10.4 Å². The molecular formula is C22H18N8O2. The number of rotatable bonds is 6. The lowest BCUT2D eigenvalue weighted by molar-refractivity contribution is 0.0951. The minimum atomic E-state index is -0.410. The number of phenolic OH excluding ortho intramolecular Hbond substituents is 1. The SMILES string of the molecule is CCCNC(=O)c1cc2ccccc2c(N=Nc2c(C#N)cnn2-c2ncccn2)c1O. The largest absolute Gasteiger partial charge is 0.505 e. The molecule has 0 fully saturated rings. The van der Waals surface area contributed by atoms with E-state index < -0.39 is 5.91 Å². The molecule has 10 heteroatoms. The number of phenols is 1. The monoisotopic (exact) mass is 426 g/mol. The zero-order valence-electron chi connectivity index (χ0n) is 17.1. The van der Waals surface area contributed by atoms with E-state index >= 15 is 0 Å². The first kappa shape index (κ1) is 20.6. The van der Waals surface area contributed by atoms with Gasteiger partial charge >= 0.3 is 0 Å². The third-order valence-corrected chi connectivity index (χ3v) is 4.63. The fourth-order valence-electron chi connectivity index (χ4n) is 3.09. The Morgan fingerprint density at radius 2 is 2.00 bits per heavy atom. The summed E-state index contributed by atoms with van der Waals surface area (Å²) in [5, 5.41) is 36.9. The van der Waals surface area contributed by atoms with Crippen molar-refractivity contribution >= 4 is 28.2 Å². The molecule has 0 radical (unpaired) electrons. The lowest BCUT2D eigenvalue weighted by Gasteiger charge is -2.10. The van der Waals surface area contributed by atoms with Crippen LogP contribution in [0.4, 0.5) is 11.5 Å². The van der Waals surface area contributed by atoms with Crippen molar-refractivity contribution in [3.63, 3.8) is 0 Å². The van der Waals surface area contributed by atoms with Gasteiger partial charge in [-0.2, -0.15) is 15.0 Å². The molecule has 0 spiro atoms. The number of amides is 1.